The van der Waals surface area contributed by atoms with E-state index < -0.39 is 0 Å². The van der Waals surface area contributed by atoms with Gasteiger partial charge in [0.1, 0.15) is 0 Å². The van der Waals surface area contributed by atoms with Crippen molar-refractivity contribution in [2.24, 2.45) is 5.92 Å². The van der Waals surface area contributed by atoms with Crippen molar-refractivity contribution >= 4 is 0 Å². The lowest BCUT2D eigenvalue weighted by atomic mass is 9.82. The summed E-state index contributed by atoms with van der Waals surface area (Å²) in [5, 5.41) is 13.0. The number of piperidine rings is 2. The van der Waals surface area contributed by atoms with Gasteiger partial charge in [0.15, 0.2) is 0 Å². The predicted molar refractivity (Wildman–Crippen MR) is 72.1 cm³/mol. The third-order valence-electron chi connectivity index (χ3n) is 5.47. The summed E-state index contributed by atoms with van der Waals surface area (Å²) >= 11 is 0. The van der Waals surface area contributed by atoms with Gasteiger partial charge in [0.2, 0.25) is 0 Å². The molecule has 1 aliphatic carbocycles. The van der Waals surface area contributed by atoms with Gasteiger partial charge >= 0.3 is 0 Å². The first-order chi connectivity index (χ1) is 8.78. The summed E-state index contributed by atoms with van der Waals surface area (Å²) < 4.78 is 0. The highest BCUT2D eigenvalue weighted by Gasteiger charge is 2.38. The van der Waals surface area contributed by atoms with E-state index >= 15 is 0 Å². The van der Waals surface area contributed by atoms with Crippen molar-refractivity contribution in [3.63, 3.8) is 0 Å². The van der Waals surface area contributed by atoms with Crippen LogP contribution < -0.4 is 5.32 Å². The van der Waals surface area contributed by atoms with Gasteiger partial charge in [-0.1, -0.05) is 12.8 Å². The Labute approximate surface area is 111 Å². The van der Waals surface area contributed by atoms with Gasteiger partial charge in [-0.3, -0.25) is 0 Å². The molecule has 3 rings (SSSR count). The standard InChI is InChI=1S/C15H25N3/c1-18-13-5-3-6-14(18)9-12(8-13)17-15-7-2-4-11(15)10-16/h11-15,17H,2-9H2,1H3. The summed E-state index contributed by atoms with van der Waals surface area (Å²) in [6.45, 7) is 0. The average molecular weight is 247 g/mol. The van der Waals surface area contributed by atoms with E-state index in [0.29, 0.717) is 12.1 Å². The Balaban J connectivity index is 1.59. The molecule has 0 spiro atoms. The van der Waals surface area contributed by atoms with Crippen LogP contribution in [0.2, 0.25) is 0 Å². The first-order valence-electron chi connectivity index (χ1n) is 7.65. The summed E-state index contributed by atoms with van der Waals surface area (Å²) in [5.74, 6) is 0.268. The Bertz CT molecular complexity index is 321. The van der Waals surface area contributed by atoms with Crippen molar-refractivity contribution < 1.29 is 0 Å². The molecule has 18 heavy (non-hydrogen) atoms. The maximum absolute atomic E-state index is 9.17. The molecule has 3 fully saturated rings. The third kappa shape index (κ3) is 2.29. The predicted octanol–water partition coefficient (Wildman–Crippen LogP) is 2.28. The van der Waals surface area contributed by atoms with Crippen LogP contribution in [0.4, 0.5) is 0 Å². The molecule has 0 amide bonds. The molecular weight excluding hydrogens is 222 g/mol. The van der Waals surface area contributed by atoms with E-state index in [1.807, 2.05) is 0 Å². The summed E-state index contributed by atoms with van der Waals surface area (Å²) in [7, 11) is 2.30. The highest BCUT2D eigenvalue weighted by molar-refractivity contribution is 5.00. The first kappa shape index (κ1) is 12.4. The van der Waals surface area contributed by atoms with Crippen molar-refractivity contribution in [3.8, 4) is 6.07 Å². The van der Waals surface area contributed by atoms with Gasteiger partial charge in [0.25, 0.3) is 0 Å². The van der Waals surface area contributed by atoms with Crippen LogP contribution in [-0.2, 0) is 0 Å². The van der Waals surface area contributed by atoms with Gasteiger partial charge in [0, 0.05) is 24.2 Å². The topological polar surface area (TPSA) is 39.1 Å². The SMILES string of the molecule is CN1C2CCCC1CC(NC1CCCC1C#N)C2. The maximum Gasteiger partial charge on any atom is 0.0672 e. The molecule has 2 saturated heterocycles. The summed E-state index contributed by atoms with van der Waals surface area (Å²) in [6.07, 6.45) is 10.3. The molecule has 2 bridgehead atoms. The zero-order valence-electron chi connectivity index (χ0n) is 11.4. The second kappa shape index (κ2) is 5.19. The first-order valence-corrected chi connectivity index (χ1v) is 7.65. The van der Waals surface area contributed by atoms with Crippen LogP contribution in [0.1, 0.15) is 51.4 Å². The number of nitrogens with one attached hydrogen (secondary N) is 1. The molecule has 3 aliphatic rings. The number of nitriles is 1. The van der Waals surface area contributed by atoms with Crippen LogP contribution >= 0.6 is 0 Å². The molecule has 1 N–H and O–H groups in total. The fourth-order valence-electron chi connectivity index (χ4n) is 4.37. The molecule has 100 valence electrons. The van der Waals surface area contributed by atoms with Crippen LogP contribution in [0.15, 0.2) is 0 Å². The van der Waals surface area contributed by atoms with Crippen molar-refractivity contribution in [2.75, 3.05) is 7.05 Å². The molecule has 2 heterocycles. The second-order valence-corrected chi connectivity index (χ2v) is 6.51. The molecule has 1 saturated carbocycles. The van der Waals surface area contributed by atoms with E-state index in [-0.39, 0.29) is 5.92 Å². The van der Waals surface area contributed by atoms with Crippen molar-refractivity contribution in [2.45, 2.75) is 75.5 Å². The summed E-state index contributed by atoms with van der Waals surface area (Å²) in [4.78, 5) is 2.61. The molecule has 0 aromatic carbocycles. The molecular formula is C15H25N3. The van der Waals surface area contributed by atoms with E-state index in [1.54, 1.807) is 0 Å². The third-order valence-corrected chi connectivity index (χ3v) is 5.47. The minimum atomic E-state index is 0.268. The fraction of sp³-hybridized carbons (Fsp3) is 0.933. The summed E-state index contributed by atoms with van der Waals surface area (Å²) in [5.41, 5.74) is 0. The minimum Gasteiger partial charge on any atom is -0.310 e. The van der Waals surface area contributed by atoms with Crippen LogP contribution in [0.3, 0.4) is 0 Å². The van der Waals surface area contributed by atoms with Crippen LogP contribution in [0, 0.1) is 17.2 Å². The van der Waals surface area contributed by atoms with E-state index in [0.717, 1.165) is 18.5 Å². The Morgan fingerprint density at radius 2 is 1.72 bits per heavy atom. The molecule has 2 aliphatic heterocycles. The lowest BCUT2D eigenvalue weighted by Crippen LogP contribution is -2.56. The van der Waals surface area contributed by atoms with Crippen LogP contribution in [0.25, 0.3) is 0 Å². The monoisotopic (exact) mass is 247 g/mol. The van der Waals surface area contributed by atoms with E-state index in [1.165, 1.54) is 44.9 Å². The lowest BCUT2D eigenvalue weighted by Gasteiger charge is -2.48. The lowest BCUT2D eigenvalue weighted by molar-refractivity contribution is 0.0452. The van der Waals surface area contributed by atoms with Crippen molar-refractivity contribution in [1.82, 2.24) is 10.2 Å². The molecule has 3 nitrogen and oxygen atoms in total. The van der Waals surface area contributed by atoms with Gasteiger partial charge in [0.05, 0.1) is 12.0 Å². The fourth-order valence-corrected chi connectivity index (χ4v) is 4.37. The Morgan fingerprint density at radius 1 is 1.06 bits per heavy atom. The van der Waals surface area contributed by atoms with Gasteiger partial charge in [-0.05, 0) is 45.6 Å². The maximum atomic E-state index is 9.17. The highest BCUT2D eigenvalue weighted by atomic mass is 15.2. The summed E-state index contributed by atoms with van der Waals surface area (Å²) in [6, 6.07) is 5.21. The van der Waals surface area contributed by atoms with E-state index in [9.17, 15) is 5.26 Å². The van der Waals surface area contributed by atoms with Gasteiger partial charge in [-0.2, -0.15) is 5.26 Å². The zero-order chi connectivity index (χ0) is 12.5. The molecule has 3 heteroatoms. The Hall–Kier alpha value is -0.590. The van der Waals surface area contributed by atoms with E-state index in [4.69, 9.17) is 0 Å². The molecule has 0 aromatic heterocycles. The number of hydrogen-bond acceptors (Lipinski definition) is 3. The smallest absolute Gasteiger partial charge is 0.0672 e. The highest BCUT2D eigenvalue weighted by Crippen LogP contribution is 2.34. The average Bonchev–Trinajstić information content (AvgIpc) is 2.77. The molecule has 0 aromatic rings. The normalized spacial score (nSPS) is 44.8. The van der Waals surface area contributed by atoms with Crippen molar-refractivity contribution in [3.05, 3.63) is 0 Å². The van der Waals surface area contributed by atoms with Crippen molar-refractivity contribution in [1.29, 1.82) is 5.26 Å². The number of fused-ring (bicyclic) bond motifs is 2. The van der Waals surface area contributed by atoms with Gasteiger partial charge in [-0.25, -0.2) is 0 Å². The quantitative estimate of drug-likeness (QED) is 0.813. The molecule has 4 atom stereocenters. The van der Waals surface area contributed by atoms with Crippen LogP contribution in [0.5, 0.6) is 0 Å². The van der Waals surface area contributed by atoms with Gasteiger partial charge < -0.3 is 10.2 Å². The Morgan fingerprint density at radius 3 is 2.39 bits per heavy atom. The Kier molecular flexibility index (Phi) is 3.59. The largest absolute Gasteiger partial charge is 0.310 e. The molecule has 4 unspecified atom stereocenters. The molecule has 0 radical (unpaired) electrons. The van der Waals surface area contributed by atoms with Crippen LogP contribution in [-0.4, -0.2) is 36.1 Å². The van der Waals surface area contributed by atoms with E-state index in [2.05, 4.69) is 23.3 Å². The minimum absolute atomic E-state index is 0.268. The zero-order valence-corrected chi connectivity index (χ0v) is 11.4. The van der Waals surface area contributed by atoms with Gasteiger partial charge in [-0.15, -0.1) is 0 Å². The number of nitrogens with zero attached hydrogens (tertiary/aromatic N) is 2. The number of rotatable bonds is 2. The number of hydrogen-bond donors (Lipinski definition) is 1. The second-order valence-electron chi connectivity index (χ2n) is 6.51.